The van der Waals surface area contributed by atoms with E-state index in [4.69, 9.17) is 11.6 Å². The Morgan fingerprint density at radius 2 is 2.12 bits per heavy atom. The number of benzene rings is 1. The van der Waals surface area contributed by atoms with Crippen LogP contribution in [0.25, 0.3) is 0 Å². The fourth-order valence-corrected chi connectivity index (χ4v) is 1.44. The van der Waals surface area contributed by atoms with Gasteiger partial charge in [-0.15, -0.1) is 0 Å². The van der Waals surface area contributed by atoms with Gasteiger partial charge in [-0.1, -0.05) is 11.6 Å². The van der Waals surface area contributed by atoms with E-state index in [1.165, 1.54) is 18.2 Å². The second-order valence-electron chi connectivity index (χ2n) is 3.26. The van der Waals surface area contributed by atoms with Crippen molar-refractivity contribution >= 4 is 29.1 Å². The summed E-state index contributed by atoms with van der Waals surface area (Å²) in [5.41, 5.74) is 0.465. The van der Waals surface area contributed by atoms with Gasteiger partial charge in [0.25, 0.3) is 0 Å². The SMILES string of the molecule is CNc1nccc(Nc2cc(F)ccc2Cl)n1. The Morgan fingerprint density at radius 3 is 2.88 bits per heavy atom. The van der Waals surface area contributed by atoms with Gasteiger partial charge >= 0.3 is 0 Å². The van der Waals surface area contributed by atoms with Gasteiger partial charge in [0.15, 0.2) is 0 Å². The van der Waals surface area contributed by atoms with Crippen LogP contribution < -0.4 is 10.6 Å². The molecule has 2 N–H and O–H groups in total. The van der Waals surface area contributed by atoms with Gasteiger partial charge in [-0.25, -0.2) is 9.37 Å². The van der Waals surface area contributed by atoms with E-state index < -0.39 is 0 Å². The van der Waals surface area contributed by atoms with E-state index >= 15 is 0 Å². The third-order valence-electron chi connectivity index (χ3n) is 2.07. The number of anilines is 3. The second kappa shape index (κ2) is 4.97. The van der Waals surface area contributed by atoms with E-state index in [0.717, 1.165) is 0 Å². The summed E-state index contributed by atoms with van der Waals surface area (Å²) in [6, 6.07) is 5.76. The standard InChI is InChI=1S/C11H10ClFN4/c1-14-11-15-5-4-10(17-11)16-9-6-7(13)2-3-8(9)12/h2-6H,1H3,(H2,14,15,16,17). The lowest BCUT2D eigenvalue weighted by Crippen LogP contribution is -2.00. The first kappa shape index (κ1) is 11.6. The Balaban J connectivity index is 2.27. The molecule has 6 heteroatoms. The van der Waals surface area contributed by atoms with Crippen molar-refractivity contribution in [2.45, 2.75) is 0 Å². The molecular formula is C11H10ClFN4. The molecule has 2 aromatic rings. The Labute approximate surface area is 103 Å². The molecule has 0 bridgehead atoms. The quantitative estimate of drug-likeness (QED) is 0.882. The average Bonchev–Trinajstić information content (AvgIpc) is 2.34. The van der Waals surface area contributed by atoms with E-state index in [9.17, 15) is 4.39 Å². The molecule has 1 aromatic heterocycles. The largest absolute Gasteiger partial charge is 0.357 e. The molecule has 0 saturated carbocycles. The van der Waals surface area contributed by atoms with Crippen molar-refractivity contribution < 1.29 is 4.39 Å². The molecule has 88 valence electrons. The summed E-state index contributed by atoms with van der Waals surface area (Å²) in [5, 5.41) is 6.16. The fourth-order valence-electron chi connectivity index (χ4n) is 1.28. The zero-order valence-corrected chi connectivity index (χ0v) is 9.79. The summed E-state index contributed by atoms with van der Waals surface area (Å²) in [7, 11) is 1.72. The Bertz CT molecular complexity index is 533. The summed E-state index contributed by atoms with van der Waals surface area (Å²) in [4.78, 5) is 8.11. The third-order valence-corrected chi connectivity index (χ3v) is 2.40. The maximum absolute atomic E-state index is 13.1. The van der Waals surface area contributed by atoms with Crippen molar-refractivity contribution in [1.29, 1.82) is 0 Å². The summed E-state index contributed by atoms with van der Waals surface area (Å²) in [6.45, 7) is 0. The highest BCUT2D eigenvalue weighted by Gasteiger charge is 2.04. The highest BCUT2D eigenvalue weighted by Crippen LogP contribution is 2.25. The summed E-state index contributed by atoms with van der Waals surface area (Å²) in [6.07, 6.45) is 1.59. The van der Waals surface area contributed by atoms with Gasteiger partial charge in [0.1, 0.15) is 11.6 Å². The molecule has 0 aliphatic carbocycles. The number of aromatic nitrogens is 2. The van der Waals surface area contributed by atoms with Gasteiger partial charge in [0.2, 0.25) is 5.95 Å². The lowest BCUT2D eigenvalue weighted by Gasteiger charge is -2.08. The van der Waals surface area contributed by atoms with Crippen molar-refractivity contribution in [2.24, 2.45) is 0 Å². The van der Waals surface area contributed by atoms with E-state index in [-0.39, 0.29) is 5.82 Å². The number of nitrogens with zero attached hydrogens (tertiary/aromatic N) is 2. The molecule has 1 heterocycles. The maximum atomic E-state index is 13.1. The smallest absolute Gasteiger partial charge is 0.224 e. The molecule has 1 aromatic carbocycles. The van der Waals surface area contributed by atoms with Crippen molar-refractivity contribution in [3.8, 4) is 0 Å². The molecule has 4 nitrogen and oxygen atoms in total. The van der Waals surface area contributed by atoms with Crippen LogP contribution in [0, 0.1) is 5.82 Å². The van der Waals surface area contributed by atoms with E-state index in [0.29, 0.717) is 22.5 Å². The zero-order chi connectivity index (χ0) is 12.3. The van der Waals surface area contributed by atoms with Crippen LogP contribution in [-0.2, 0) is 0 Å². The predicted octanol–water partition coefficient (Wildman–Crippen LogP) is 3.05. The average molecular weight is 253 g/mol. The Kier molecular flexibility index (Phi) is 3.39. The van der Waals surface area contributed by atoms with E-state index in [2.05, 4.69) is 20.6 Å². The molecule has 0 aliphatic heterocycles. The molecule has 17 heavy (non-hydrogen) atoms. The minimum absolute atomic E-state index is 0.361. The van der Waals surface area contributed by atoms with Crippen LogP contribution in [0.3, 0.4) is 0 Å². The Hall–Kier alpha value is -1.88. The first-order valence-corrected chi connectivity index (χ1v) is 5.29. The molecule has 0 fully saturated rings. The Morgan fingerprint density at radius 1 is 1.29 bits per heavy atom. The fraction of sp³-hybridized carbons (Fsp3) is 0.0909. The number of rotatable bonds is 3. The van der Waals surface area contributed by atoms with Gasteiger partial charge in [0.05, 0.1) is 10.7 Å². The monoisotopic (exact) mass is 252 g/mol. The topological polar surface area (TPSA) is 49.8 Å². The van der Waals surface area contributed by atoms with Crippen molar-refractivity contribution in [1.82, 2.24) is 9.97 Å². The molecule has 0 radical (unpaired) electrons. The normalized spacial score (nSPS) is 10.1. The van der Waals surface area contributed by atoms with Crippen LogP contribution in [0.15, 0.2) is 30.5 Å². The zero-order valence-electron chi connectivity index (χ0n) is 9.04. The van der Waals surface area contributed by atoms with Gasteiger partial charge in [-0.05, 0) is 24.3 Å². The van der Waals surface area contributed by atoms with Gasteiger partial charge < -0.3 is 10.6 Å². The molecule has 2 rings (SSSR count). The number of nitrogens with one attached hydrogen (secondary N) is 2. The number of hydrogen-bond donors (Lipinski definition) is 2. The summed E-state index contributed by atoms with van der Waals surface area (Å²) in [5.74, 6) is 0.652. The second-order valence-corrected chi connectivity index (χ2v) is 3.67. The molecule has 0 atom stereocenters. The first-order chi connectivity index (χ1) is 8.19. The lowest BCUT2D eigenvalue weighted by molar-refractivity contribution is 0.628. The summed E-state index contributed by atoms with van der Waals surface area (Å²) < 4.78 is 13.1. The van der Waals surface area contributed by atoms with Crippen molar-refractivity contribution in [3.63, 3.8) is 0 Å². The maximum Gasteiger partial charge on any atom is 0.224 e. The number of halogens is 2. The molecule has 0 saturated heterocycles. The summed E-state index contributed by atoms with van der Waals surface area (Å²) >= 11 is 5.93. The van der Waals surface area contributed by atoms with Crippen LogP contribution in [0.1, 0.15) is 0 Å². The van der Waals surface area contributed by atoms with Gasteiger partial charge in [-0.2, -0.15) is 4.98 Å². The van der Waals surface area contributed by atoms with Gasteiger partial charge in [0, 0.05) is 13.2 Å². The molecule has 0 aliphatic rings. The molecular weight excluding hydrogens is 243 g/mol. The lowest BCUT2D eigenvalue weighted by atomic mass is 10.3. The van der Waals surface area contributed by atoms with Gasteiger partial charge in [-0.3, -0.25) is 0 Å². The van der Waals surface area contributed by atoms with E-state index in [1.54, 1.807) is 19.3 Å². The highest BCUT2D eigenvalue weighted by molar-refractivity contribution is 6.33. The van der Waals surface area contributed by atoms with Crippen molar-refractivity contribution in [3.05, 3.63) is 41.3 Å². The predicted molar refractivity (Wildman–Crippen MR) is 66.3 cm³/mol. The van der Waals surface area contributed by atoms with Crippen molar-refractivity contribution in [2.75, 3.05) is 17.7 Å². The van der Waals surface area contributed by atoms with Crippen LogP contribution in [0.4, 0.5) is 21.8 Å². The first-order valence-electron chi connectivity index (χ1n) is 4.92. The minimum atomic E-state index is -0.361. The minimum Gasteiger partial charge on any atom is -0.357 e. The number of hydrogen-bond acceptors (Lipinski definition) is 4. The van der Waals surface area contributed by atoms with Crippen LogP contribution >= 0.6 is 11.6 Å². The third kappa shape index (κ3) is 2.82. The molecule has 0 amide bonds. The van der Waals surface area contributed by atoms with Crippen LogP contribution in [0.2, 0.25) is 5.02 Å². The highest BCUT2D eigenvalue weighted by atomic mass is 35.5. The molecule has 0 unspecified atom stereocenters. The van der Waals surface area contributed by atoms with Crippen LogP contribution in [0.5, 0.6) is 0 Å². The molecule has 0 spiro atoms. The van der Waals surface area contributed by atoms with E-state index in [1.807, 2.05) is 0 Å². The van der Waals surface area contributed by atoms with Crippen LogP contribution in [-0.4, -0.2) is 17.0 Å².